The highest BCUT2D eigenvalue weighted by Crippen LogP contribution is 2.26. The van der Waals surface area contributed by atoms with Crippen molar-refractivity contribution in [3.8, 4) is 0 Å². The lowest BCUT2D eigenvalue weighted by atomic mass is 10.2. The lowest BCUT2D eigenvalue weighted by Crippen LogP contribution is -2.04. The van der Waals surface area contributed by atoms with Crippen LogP contribution in [0.25, 0.3) is 0 Å². The predicted molar refractivity (Wildman–Crippen MR) is 48.6 cm³/mol. The van der Waals surface area contributed by atoms with Crippen LogP contribution in [0, 0.1) is 13.8 Å². The Morgan fingerprint density at radius 2 is 2.09 bits per heavy atom. The summed E-state index contributed by atoms with van der Waals surface area (Å²) in [6, 6.07) is 0. The lowest BCUT2D eigenvalue weighted by Gasteiger charge is -1.94. The van der Waals surface area contributed by atoms with Gasteiger partial charge < -0.3 is 9.73 Å². The number of halogens is 1. The zero-order valence-electron chi connectivity index (χ0n) is 6.99. The van der Waals surface area contributed by atoms with Gasteiger partial charge in [0.25, 0.3) is 0 Å². The molecule has 0 aliphatic carbocycles. The topological polar surface area (TPSA) is 25.2 Å². The van der Waals surface area contributed by atoms with Crippen LogP contribution in [0.2, 0.25) is 0 Å². The van der Waals surface area contributed by atoms with E-state index in [9.17, 15) is 0 Å². The number of hydrogen-bond donors (Lipinski definition) is 1. The highest BCUT2D eigenvalue weighted by atomic mass is 79.9. The van der Waals surface area contributed by atoms with Crippen LogP contribution in [-0.2, 0) is 6.54 Å². The molecule has 2 nitrogen and oxygen atoms in total. The predicted octanol–water partition coefficient (Wildman–Crippen LogP) is 2.38. The van der Waals surface area contributed by atoms with Gasteiger partial charge in [-0.15, -0.1) is 0 Å². The monoisotopic (exact) mass is 217 g/mol. The van der Waals surface area contributed by atoms with Gasteiger partial charge in [0.05, 0.1) is 11.0 Å². The third kappa shape index (κ3) is 1.65. The molecular weight excluding hydrogens is 206 g/mol. The number of hydrogen-bond acceptors (Lipinski definition) is 2. The highest BCUT2D eigenvalue weighted by molar-refractivity contribution is 9.10. The first-order valence-corrected chi connectivity index (χ1v) is 4.35. The molecule has 1 rings (SSSR count). The van der Waals surface area contributed by atoms with E-state index >= 15 is 0 Å². The van der Waals surface area contributed by atoms with Gasteiger partial charge >= 0.3 is 0 Å². The standard InChI is InChI=1S/C8H12BrNO/c1-5-7(4-10-3)11-6(2)8(5)9/h10H,4H2,1-3H3. The van der Waals surface area contributed by atoms with Crippen LogP contribution in [0.15, 0.2) is 8.89 Å². The van der Waals surface area contributed by atoms with Gasteiger partial charge in [-0.25, -0.2) is 0 Å². The van der Waals surface area contributed by atoms with Crippen molar-refractivity contribution in [2.24, 2.45) is 0 Å². The summed E-state index contributed by atoms with van der Waals surface area (Å²) in [5.74, 6) is 1.96. The van der Waals surface area contributed by atoms with Crippen molar-refractivity contribution in [1.29, 1.82) is 0 Å². The molecule has 1 aromatic heterocycles. The fourth-order valence-electron chi connectivity index (χ4n) is 1.02. The highest BCUT2D eigenvalue weighted by Gasteiger charge is 2.09. The van der Waals surface area contributed by atoms with Gasteiger partial charge in [0.2, 0.25) is 0 Å². The lowest BCUT2D eigenvalue weighted by molar-refractivity contribution is 0.468. The molecule has 62 valence electrons. The van der Waals surface area contributed by atoms with E-state index < -0.39 is 0 Å². The average Bonchev–Trinajstić information content (AvgIpc) is 2.19. The maximum Gasteiger partial charge on any atom is 0.122 e. The summed E-state index contributed by atoms with van der Waals surface area (Å²) in [5, 5.41) is 3.05. The number of furan rings is 1. The fourth-order valence-corrected chi connectivity index (χ4v) is 1.32. The van der Waals surface area contributed by atoms with Crippen LogP contribution in [0.4, 0.5) is 0 Å². The zero-order chi connectivity index (χ0) is 8.43. The summed E-state index contributed by atoms with van der Waals surface area (Å²) in [4.78, 5) is 0. The van der Waals surface area contributed by atoms with Crippen molar-refractivity contribution < 1.29 is 4.42 Å². The van der Waals surface area contributed by atoms with Gasteiger partial charge in [0.1, 0.15) is 11.5 Å². The van der Waals surface area contributed by atoms with Crippen LogP contribution in [-0.4, -0.2) is 7.05 Å². The molecule has 0 aromatic carbocycles. The molecule has 1 N–H and O–H groups in total. The van der Waals surface area contributed by atoms with Gasteiger partial charge in [0.15, 0.2) is 0 Å². The Balaban J connectivity index is 2.98. The van der Waals surface area contributed by atoms with Gasteiger partial charge in [-0.3, -0.25) is 0 Å². The molecule has 0 saturated heterocycles. The Bertz CT molecular complexity index is 255. The van der Waals surface area contributed by atoms with Crippen LogP contribution < -0.4 is 5.32 Å². The van der Waals surface area contributed by atoms with Crippen molar-refractivity contribution >= 4 is 15.9 Å². The molecule has 1 heterocycles. The normalized spacial score (nSPS) is 10.5. The third-order valence-corrected chi connectivity index (χ3v) is 2.82. The maximum absolute atomic E-state index is 5.48. The first-order valence-electron chi connectivity index (χ1n) is 3.55. The molecule has 0 aliphatic rings. The third-order valence-electron chi connectivity index (χ3n) is 1.67. The minimum absolute atomic E-state index is 0.790. The van der Waals surface area contributed by atoms with Crippen molar-refractivity contribution in [3.63, 3.8) is 0 Å². The molecule has 1 aromatic rings. The second kappa shape index (κ2) is 3.41. The molecule has 0 atom stereocenters. The minimum atomic E-state index is 0.790. The Morgan fingerprint density at radius 3 is 2.45 bits per heavy atom. The van der Waals surface area contributed by atoms with Crippen LogP contribution in [0.1, 0.15) is 17.1 Å². The molecule has 0 amide bonds. The summed E-state index contributed by atoms with van der Waals surface area (Å²) in [7, 11) is 1.91. The van der Waals surface area contributed by atoms with Crippen LogP contribution in [0.3, 0.4) is 0 Å². The maximum atomic E-state index is 5.48. The van der Waals surface area contributed by atoms with E-state index in [2.05, 4.69) is 21.2 Å². The van der Waals surface area contributed by atoms with E-state index in [-0.39, 0.29) is 0 Å². The molecule has 0 saturated carbocycles. The van der Waals surface area contributed by atoms with E-state index in [1.54, 1.807) is 0 Å². The average molecular weight is 218 g/mol. The van der Waals surface area contributed by atoms with Gasteiger partial charge in [-0.05, 0) is 36.8 Å². The fraction of sp³-hybridized carbons (Fsp3) is 0.500. The summed E-state index contributed by atoms with van der Waals surface area (Å²) in [6.07, 6.45) is 0. The first kappa shape index (κ1) is 8.81. The summed E-state index contributed by atoms with van der Waals surface area (Å²) in [6.45, 7) is 4.79. The van der Waals surface area contributed by atoms with E-state index in [1.807, 2.05) is 20.9 Å². The molecule has 11 heavy (non-hydrogen) atoms. The van der Waals surface area contributed by atoms with Crippen LogP contribution >= 0.6 is 15.9 Å². The molecular formula is C8H12BrNO. The van der Waals surface area contributed by atoms with Gasteiger partial charge in [0, 0.05) is 5.56 Å². The van der Waals surface area contributed by atoms with Crippen LogP contribution in [0.5, 0.6) is 0 Å². The molecule has 0 bridgehead atoms. The summed E-state index contributed by atoms with van der Waals surface area (Å²) < 4.78 is 6.56. The molecule has 3 heteroatoms. The summed E-state index contributed by atoms with van der Waals surface area (Å²) >= 11 is 3.45. The molecule has 0 spiro atoms. The van der Waals surface area contributed by atoms with Gasteiger partial charge in [-0.1, -0.05) is 0 Å². The first-order chi connectivity index (χ1) is 5.16. The van der Waals surface area contributed by atoms with Crippen molar-refractivity contribution in [2.75, 3.05) is 7.05 Å². The Morgan fingerprint density at radius 1 is 1.45 bits per heavy atom. The SMILES string of the molecule is CNCc1oc(C)c(Br)c1C. The minimum Gasteiger partial charge on any atom is -0.464 e. The van der Waals surface area contributed by atoms with Crippen molar-refractivity contribution in [2.45, 2.75) is 20.4 Å². The van der Waals surface area contributed by atoms with E-state index in [1.165, 1.54) is 5.56 Å². The molecule has 0 unspecified atom stereocenters. The zero-order valence-corrected chi connectivity index (χ0v) is 8.58. The molecule has 0 aliphatic heterocycles. The van der Waals surface area contributed by atoms with Crippen molar-refractivity contribution in [3.05, 3.63) is 21.6 Å². The number of aryl methyl sites for hydroxylation is 1. The van der Waals surface area contributed by atoms with E-state index in [4.69, 9.17) is 4.42 Å². The Labute approximate surface area is 75.1 Å². The summed E-state index contributed by atoms with van der Waals surface area (Å²) in [5.41, 5.74) is 1.19. The number of nitrogens with one attached hydrogen (secondary N) is 1. The quantitative estimate of drug-likeness (QED) is 0.824. The van der Waals surface area contributed by atoms with Gasteiger partial charge in [-0.2, -0.15) is 0 Å². The largest absolute Gasteiger partial charge is 0.464 e. The van der Waals surface area contributed by atoms with E-state index in [0.717, 1.165) is 22.5 Å². The Hall–Kier alpha value is -0.280. The van der Waals surface area contributed by atoms with Crippen molar-refractivity contribution in [1.82, 2.24) is 5.32 Å². The number of rotatable bonds is 2. The second-order valence-electron chi connectivity index (χ2n) is 2.55. The second-order valence-corrected chi connectivity index (χ2v) is 3.34. The molecule has 0 radical (unpaired) electrons. The smallest absolute Gasteiger partial charge is 0.122 e. The Kier molecular flexibility index (Phi) is 2.73. The molecule has 0 fully saturated rings. The van der Waals surface area contributed by atoms with E-state index in [0.29, 0.717) is 0 Å².